The predicted octanol–water partition coefficient (Wildman–Crippen LogP) is 5.68. The zero-order valence-corrected chi connectivity index (χ0v) is 18.5. The van der Waals surface area contributed by atoms with E-state index in [1.165, 1.54) is 12.1 Å². The standard InChI is InChI=1S/C25H18F2N4O2S/c26-15-8-14(9-16(27)12-15)23-22-18(10-13(11-19(22)32)21-6-3-7-34-21)28-24(30-23)31-25-29-17-4-1-2-5-20(17)33-25/h1-9,12-13,23H,10-11H2,(H2,28,29,30,31). The molecule has 2 unspecified atom stereocenters. The lowest BCUT2D eigenvalue weighted by molar-refractivity contribution is -0.116. The molecule has 3 heterocycles. The van der Waals surface area contributed by atoms with Gasteiger partial charge in [0, 0.05) is 34.6 Å². The molecule has 4 aromatic rings. The summed E-state index contributed by atoms with van der Waals surface area (Å²) in [7, 11) is 0. The summed E-state index contributed by atoms with van der Waals surface area (Å²) in [6.07, 6.45) is 0.892. The second-order valence-electron chi connectivity index (χ2n) is 8.26. The van der Waals surface area contributed by atoms with Gasteiger partial charge in [-0.05, 0) is 47.7 Å². The molecule has 1 aliphatic carbocycles. The summed E-state index contributed by atoms with van der Waals surface area (Å²) in [6, 6.07) is 13.9. The van der Waals surface area contributed by atoms with Crippen molar-refractivity contribution in [2.45, 2.75) is 24.8 Å². The first-order valence-electron chi connectivity index (χ1n) is 10.8. The van der Waals surface area contributed by atoms with E-state index in [1.807, 2.05) is 35.7 Å². The number of aromatic nitrogens is 1. The highest BCUT2D eigenvalue weighted by molar-refractivity contribution is 7.10. The highest BCUT2D eigenvalue weighted by Crippen LogP contribution is 2.42. The number of halogens is 2. The number of guanidine groups is 1. The predicted molar refractivity (Wildman–Crippen MR) is 126 cm³/mol. The van der Waals surface area contributed by atoms with Crippen molar-refractivity contribution in [2.24, 2.45) is 4.99 Å². The number of ketones is 1. The Morgan fingerprint density at radius 2 is 1.88 bits per heavy atom. The first-order valence-corrected chi connectivity index (χ1v) is 11.6. The van der Waals surface area contributed by atoms with Gasteiger partial charge >= 0.3 is 6.01 Å². The maximum atomic E-state index is 14.1. The molecule has 0 bridgehead atoms. The number of aliphatic imine (C=N–C) groups is 1. The van der Waals surface area contributed by atoms with Gasteiger partial charge in [-0.2, -0.15) is 4.98 Å². The number of hydrogen-bond donors (Lipinski definition) is 2. The van der Waals surface area contributed by atoms with Gasteiger partial charge in [0.2, 0.25) is 5.96 Å². The van der Waals surface area contributed by atoms with Crippen LogP contribution in [0.5, 0.6) is 0 Å². The molecule has 34 heavy (non-hydrogen) atoms. The third-order valence-electron chi connectivity index (χ3n) is 5.97. The number of thiophene rings is 1. The Morgan fingerprint density at radius 3 is 2.65 bits per heavy atom. The van der Waals surface area contributed by atoms with Gasteiger partial charge in [-0.1, -0.05) is 18.2 Å². The van der Waals surface area contributed by atoms with E-state index in [9.17, 15) is 13.6 Å². The van der Waals surface area contributed by atoms with Gasteiger partial charge in [-0.15, -0.1) is 11.3 Å². The molecule has 2 aromatic heterocycles. The van der Waals surface area contributed by atoms with Gasteiger partial charge in [0.1, 0.15) is 23.2 Å². The van der Waals surface area contributed by atoms with Crippen LogP contribution >= 0.6 is 11.3 Å². The Bertz CT molecular complexity index is 1420. The highest BCUT2D eigenvalue weighted by atomic mass is 32.1. The average molecular weight is 477 g/mol. The zero-order chi connectivity index (χ0) is 23.2. The van der Waals surface area contributed by atoms with Crippen molar-refractivity contribution in [3.63, 3.8) is 0 Å². The van der Waals surface area contributed by atoms with Gasteiger partial charge in [0.15, 0.2) is 11.4 Å². The lowest BCUT2D eigenvalue weighted by Crippen LogP contribution is -2.39. The number of nitrogens with one attached hydrogen (secondary N) is 2. The van der Waals surface area contributed by atoms with Crippen LogP contribution in [0.4, 0.5) is 14.8 Å². The molecule has 2 aromatic carbocycles. The summed E-state index contributed by atoms with van der Waals surface area (Å²) in [4.78, 5) is 23.4. The van der Waals surface area contributed by atoms with Crippen molar-refractivity contribution in [3.05, 3.63) is 93.3 Å². The van der Waals surface area contributed by atoms with Crippen LogP contribution in [0.1, 0.15) is 35.2 Å². The van der Waals surface area contributed by atoms with Crippen LogP contribution in [-0.2, 0) is 4.79 Å². The van der Waals surface area contributed by atoms with Crippen LogP contribution in [-0.4, -0.2) is 16.7 Å². The average Bonchev–Trinajstić information content (AvgIpc) is 3.47. The number of para-hydroxylation sites is 2. The van der Waals surface area contributed by atoms with Crippen LogP contribution in [0.3, 0.4) is 0 Å². The molecule has 0 saturated heterocycles. The van der Waals surface area contributed by atoms with E-state index in [4.69, 9.17) is 4.42 Å². The summed E-state index contributed by atoms with van der Waals surface area (Å²) in [5, 5.41) is 8.23. The molecule has 0 amide bonds. The van der Waals surface area contributed by atoms with Gasteiger partial charge < -0.3 is 9.73 Å². The minimum Gasteiger partial charge on any atom is -0.423 e. The number of oxazole rings is 1. The number of Topliss-reactive ketones (excluding diaryl/α,β-unsaturated/α-hetero) is 1. The maximum Gasteiger partial charge on any atom is 0.302 e. The Kier molecular flexibility index (Phi) is 4.99. The number of carbonyl (C=O) groups excluding carboxylic acids is 1. The molecular formula is C25H18F2N4O2S. The molecule has 1 aliphatic heterocycles. The number of fused-ring (bicyclic) bond motifs is 1. The van der Waals surface area contributed by atoms with Gasteiger partial charge in [0.05, 0.1) is 0 Å². The highest BCUT2D eigenvalue weighted by Gasteiger charge is 2.37. The third kappa shape index (κ3) is 3.77. The van der Waals surface area contributed by atoms with Crippen molar-refractivity contribution >= 4 is 40.2 Å². The monoisotopic (exact) mass is 476 g/mol. The SMILES string of the molecule is O=C1CC(c2cccs2)CC2=C1C(c1cc(F)cc(F)c1)N=C(Nc1nc3ccccc3o1)N2. The summed E-state index contributed by atoms with van der Waals surface area (Å²) < 4.78 is 33.9. The van der Waals surface area contributed by atoms with Crippen LogP contribution < -0.4 is 10.6 Å². The second-order valence-corrected chi connectivity index (χ2v) is 9.24. The fourth-order valence-electron chi connectivity index (χ4n) is 4.52. The number of hydrogen-bond acceptors (Lipinski definition) is 7. The number of nitrogens with zero attached hydrogens (tertiary/aromatic N) is 2. The first-order chi connectivity index (χ1) is 16.5. The van der Waals surface area contributed by atoms with Crippen LogP contribution in [0.2, 0.25) is 0 Å². The van der Waals surface area contributed by atoms with Gasteiger partial charge in [0.25, 0.3) is 0 Å². The van der Waals surface area contributed by atoms with Crippen LogP contribution in [0.25, 0.3) is 11.1 Å². The van der Waals surface area contributed by atoms with Crippen molar-refractivity contribution in [1.82, 2.24) is 10.3 Å². The van der Waals surface area contributed by atoms with Crippen LogP contribution in [0, 0.1) is 11.6 Å². The Labute approximate surface area is 197 Å². The zero-order valence-electron chi connectivity index (χ0n) is 17.7. The third-order valence-corrected chi connectivity index (χ3v) is 7.01. The van der Waals surface area contributed by atoms with E-state index >= 15 is 0 Å². The first kappa shape index (κ1) is 20.7. The van der Waals surface area contributed by atoms with Gasteiger partial charge in [-0.25, -0.2) is 13.8 Å². The molecule has 2 N–H and O–H groups in total. The molecule has 2 aliphatic rings. The van der Waals surface area contributed by atoms with Crippen LogP contribution in [0.15, 0.2) is 80.7 Å². The van der Waals surface area contributed by atoms with Crippen molar-refractivity contribution in [1.29, 1.82) is 0 Å². The lowest BCUT2D eigenvalue weighted by atomic mass is 9.80. The van der Waals surface area contributed by atoms with E-state index < -0.39 is 17.7 Å². The number of anilines is 1. The topological polar surface area (TPSA) is 79.5 Å². The maximum absolute atomic E-state index is 14.1. The molecule has 170 valence electrons. The van der Waals surface area contributed by atoms with Gasteiger partial charge in [-0.3, -0.25) is 10.1 Å². The number of rotatable bonds is 3. The summed E-state index contributed by atoms with van der Waals surface area (Å²) in [6.45, 7) is 0. The minimum absolute atomic E-state index is 0.0207. The smallest absolute Gasteiger partial charge is 0.302 e. The van der Waals surface area contributed by atoms with E-state index in [-0.39, 0.29) is 23.3 Å². The summed E-state index contributed by atoms with van der Waals surface area (Å²) in [5.41, 5.74) is 2.66. The molecular weight excluding hydrogens is 458 g/mol. The second kappa shape index (κ2) is 8.18. The molecule has 6 nitrogen and oxygen atoms in total. The van der Waals surface area contributed by atoms with E-state index in [0.717, 1.165) is 10.9 Å². The van der Waals surface area contributed by atoms with Crippen molar-refractivity contribution in [3.8, 4) is 0 Å². The Hall–Kier alpha value is -3.85. The lowest BCUT2D eigenvalue weighted by Gasteiger charge is -2.33. The summed E-state index contributed by atoms with van der Waals surface area (Å²) >= 11 is 1.61. The number of carbonyl (C=O) groups is 1. The quantitative estimate of drug-likeness (QED) is 0.398. The number of benzene rings is 2. The largest absolute Gasteiger partial charge is 0.423 e. The molecule has 2 atom stereocenters. The molecule has 0 saturated carbocycles. The molecule has 6 rings (SSSR count). The van der Waals surface area contributed by atoms with Crippen molar-refractivity contribution in [2.75, 3.05) is 5.32 Å². The fourth-order valence-corrected chi connectivity index (χ4v) is 5.36. The number of allylic oxidation sites excluding steroid dienone is 1. The van der Waals surface area contributed by atoms with E-state index in [1.54, 1.807) is 17.4 Å². The minimum atomic E-state index is -0.856. The van der Waals surface area contributed by atoms with E-state index in [2.05, 4.69) is 20.6 Å². The molecule has 0 radical (unpaired) electrons. The molecule has 0 fully saturated rings. The van der Waals surface area contributed by atoms with E-state index in [0.29, 0.717) is 41.2 Å². The summed E-state index contributed by atoms with van der Waals surface area (Å²) in [5.74, 6) is -1.23. The normalized spacial score (nSPS) is 20.2. The van der Waals surface area contributed by atoms with Crippen molar-refractivity contribution < 1.29 is 18.0 Å². The fraction of sp³-hybridized carbons (Fsp3) is 0.160. The Morgan fingerprint density at radius 1 is 1.06 bits per heavy atom. The molecule has 0 spiro atoms. The molecule has 9 heteroatoms. The Balaban J connectivity index is 1.40.